The third-order valence-corrected chi connectivity index (χ3v) is 5.39. The van der Waals surface area contributed by atoms with E-state index < -0.39 is 15.7 Å². The first-order chi connectivity index (χ1) is 15.2. The summed E-state index contributed by atoms with van der Waals surface area (Å²) in [7, 11) is 1.10. The van der Waals surface area contributed by atoms with Crippen molar-refractivity contribution in [2.45, 2.75) is 4.90 Å². The topological polar surface area (TPSA) is 130 Å². The second-order valence-corrected chi connectivity index (χ2v) is 8.51. The summed E-state index contributed by atoms with van der Waals surface area (Å²) in [4.78, 5) is 12.4. The molecule has 0 saturated carbocycles. The Bertz CT molecular complexity index is 1240. The number of sulfone groups is 1. The average molecular weight is 459 g/mol. The van der Waals surface area contributed by atoms with E-state index in [1.807, 2.05) is 0 Å². The van der Waals surface area contributed by atoms with Crippen LogP contribution in [0.1, 0.15) is 5.56 Å². The normalized spacial score (nSPS) is 11.4. The van der Waals surface area contributed by atoms with Crippen LogP contribution in [-0.4, -0.2) is 52.1 Å². The van der Waals surface area contributed by atoms with Crippen molar-refractivity contribution < 1.29 is 31.8 Å². The van der Waals surface area contributed by atoms with Gasteiger partial charge in [0.05, 0.1) is 26.2 Å². The second-order valence-electron chi connectivity index (χ2n) is 6.49. The fourth-order valence-corrected chi connectivity index (χ4v) is 3.43. The first-order valence-corrected chi connectivity index (χ1v) is 11.1. The highest BCUT2D eigenvalue weighted by Gasteiger charge is 2.14. The van der Waals surface area contributed by atoms with Crippen molar-refractivity contribution in [2.24, 2.45) is 0 Å². The van der Waals surface area contributed by atoms with E-state index >= 15 is 0 Å². The Balaban J connectivity index is 1.74. The van der Waals surface area contributed by atoms with Crippen LogP contribution in [-0.2, 0) is 14.6 Å². The summed E-state index contributed by atoms with van der Waals surface area (Å²) in [6, 6.07) is 9.30. The van der Waals surface area contributed by atoms with E-state index in [-0.39, 0.29) is 16.8 Å². The third-order valence-electron chi connectivity index (χ3n) is 4.28. The molecule has 1 amide bonds. The minimum absolute atomic E-state index is 0.0689. The van der Waals surface area contributed by atoms with Crippen molar-refractivity contribution in [3.8, 4) is 28.7 Å². The number of hydrogen-bond acceptors (Lipinski definition) is 9. The third kappa shape index (κ3) is 5.24. The molecule has 0 spiro atoms. The Morgan fingerprint density at radius 3 is 2.31 bits per heavy atom. The van der Waals surface area contributed by atoms with E-state index in [9.17, 15) is 13.2 Å². The summed E-state index contributed by atoms with van der Waals surface area (Å²) >= 11 is 0. The Morgan fingerprint density at radius 1 is 1.03 bits per heavy atom. The molecule has 3 rings (SSSR count). The highest BCUT2D eigenvalue weighted by Crippen LogP contribution is 2.38. The maximum atomic E-state index is 12.3. The lowest BCUT2D eigenvalue weighted by molar-refractivity contribution is -0.112. The van der Waals surface area contributed by atoms with Gasteiger partial charge >= 0.3 is 6.01 Å². The van der Waals surface area contributed by atoms with Gasteiger partial charge in [0.25, 0.3) is 5.91 Å². The number of methoxy groups -OCH3 is 3. The number of carbonyl (C=O) groups excluding carboxylic acids is 1. The Morgan fingerprint density at radius 2 is 1.72 bits per heavy atom. The number of ether oxygens (including phenoxy) is 3. The fourth-order valence-electron chi connectivity index (χ4n) is 2.77. The number of nitrogens with zero attached hydrogens (tertiary/aromatic N) is 2. The standard InChI is InChI=1S/C21H21N3O7S/c1-28-16-10-13(11-17(29-2)19(16)30-3)8-9-18(25)22-21-24-23-20(31-21)14-6-5-7-15(12-14)32(4,26)27/h5-12H,1-4H3,(H,22,24,25). The van der Waals surface area contributed by atoms with Crippen molar-refractivity contribution in [1.82, 2.24) is 10.2 Å². The van der Waals surface area contributed by atoms with Gasteiger partial charge in [0, 0.05) is 17.9 Å². The predicted octanol–water partition coefficient (Wildman–Crippen LogP) is 2.82. The largest absolute Gasteiger partial charge is 0.493 e. The Kier molecular flexibility index (Phi) is 6.79. The van der Waals surface area contributed by atoms with Gasteiger partial charge < -0.3 is 18.6 Å². The van der Waals surface area contributed by atoms with Gasteiger partial charge in [-0.2, -0.15) is 0 Å². The van der Waals surface area contributed by atoms with Crippen molar-refractivity contribution >= 4 is 27.8 Å². The number of rotatable bonds is 8. The average Bonchev–Trinajstić information content (AvgIpc) is 3.24. The second kappa shape index (κ2) is 9.52. The van der Waals surface area contributed by atoms with Crippen molar-refractivity contribution in [3.63, 3.8) is 0 Å². The molecule has 3 aromatic rings. The molecule has 0 atom stereocenters. The molecule has 0 aliphatic heterocycles. The highest BCUT2D eigenvalue weighted by molar-refractivity contribution is 7.90. The van der Waals surface area contributed by atoms with Crippen LogP contribution in [0, 0.1) is 0 Å². The minimum atomic E-state index is -3.39. The zero-order chi connectivity index (χ0) is 23.3. The summed E-state index contributed by atoms with van der Waals surface area (Å²) in [6.45, 7) is 0. The number of benzene rings is 2. The van der Waals surface area contributed by atoms with Crippen LogP contribution in [0.3, 0.4) is 0 Å². The van der Waals surface area contributed by atoms with E-state index in [4.69, 9.17) is 18.6 Å². The van der Waals surface area contributed by atoms with E-state index in [0.29, 0.717) is 28.4 Å². The molecule has 0 radical (unpaired) electrons. The van der Waals surface area contributed by atoms with Crippen molar-refractivity contribution in [2.75, 3.05) is 32.9 Å². The lowest BCUT2D eigenvalue weighted by Crippen LogP contribution is -2.07. The quantitative estimate of drug-likeness (QED) is 0.505. The van der Waals surface area contributed by atoms with E-state index in [1.165, 1.54) is 39.5 Å². The lowest BCUT2D eigenvalue weighted by atomic mass is 10.1. The number of aromatic nitrogens is 2. The molecule has 1 aromatic heterocycles. The van der Waals surface area contributed by atoms with Gasteiger partial charge in [-0.15, -0.1) is 5.10 Å². The van der Waals surface area contributed by atoms with Gasteiger partial charge in [0.15, 0.2) is 21.3 Å². The number of amides is 1. The lowest BCUT2D eigenvalue weighted by Gasteiger charge is -2.12. The molecule has 11 heteroatoms. The summed E-state index contributed by atoms with van der Waals surface area (Å²) in [6.07, 6.45) is 3.92. The van der Waals surface area contributed by atoms with Gasteiger partial charge in [-0.05, 0) is 42.0 Å². The van der Waals surface area contributed by atoms with Crippen LogP contribution in [0.15, 0.2) is 51.8 Å². The number of anilines is 1. The molecule has 168 valence electrons. The van der Waals surface area contributed by atoms with Crippen molar-refractivity contribution in [3.05, 3.63) is 48.0 Å². The molecule has 0 aliphatic carbocycles. The Labute approximate surface area is 184 Å². The number of hydrogen-bond donors (Lipinski definition) is 1. The van der Waals surface area contributed by atoms with Gasteiger partial charge in [-0.25, -0.2) is 8.42 Å². The van der Waals surface area contributed by atoms with Crippen LogP contribution >= 0.6 is 0 Å². The first-order valence-electron chi connectivity index (χ1n) is 9.18. The van der Waals surface area contributed by atoms with Gasteiger partial charge in [0.2, 0.25) is 11.6 Å². The fraction of sp³-hybridized carbons (Fsp3) is 0.190. The van der Waals surface area contributed by atoms with Gasteiger partial charge in [-0.1, -0.05) is 11.2 Å². The molecule has 0 bridgehead atoms. The molecule has 0 aliphatic rings. The van der Waals surface area contributed by atoms with Gasteiger partial charge in [-0.3, -0.25) is 10.1 Å². The summed E-state index contributed by atoms with van der Waals surface area (Å²) in [5.74, 6) is 0.891. The molecule has 0 unspecified atom stereocenters. The van der Waals surface area contributed by atoms with Crippen molar-refractivity contribution in [1.29, 1.82) is 0 Å². The highest BCUT2D eigenvalue weighted by atomic mass is 32.2. The first kappa shape index (κ1) is 22.8. The molecule has 32 heavy (non-hydrogen) atoms. The van der Waals surface area contributed by atoms with Crippen LogP contribution < -0.4 is 19.5 Å². The van der Waals surface area contributed by atoms with Gasteiger partial charge in [0.1, 0.15) is 0 Å². The summed E-state index contributed by atoms with van der Waals surface area (Å²) in [5.41, 5.74) is 1.05. The summed E-state index contributed by atoms with van der Waals surface area (Å²) in [5, 5.41) is 10.1. The van der Waals surface area contributed by atoms with E-state index in [1.54, 1.807) is 30.3 Å². The predicted molar refractivity (Wildman–Crippen MR) is 117 cm³/mol. The van der Waals surface area contributed by atoms with Crippen LogP contribution in [0.2, 0.25) is 0 Å². The monoisotopic (exact) mass is 459 g/mol. The smallest absolute Gasteiger partial charge is 0.322 e. The molecule has 1 N–H and O–H groups in total. The maximum absolute atomic E-state index is 12.3. The number of nitrogens with one attached hydrogen (secondary N) is 1. The minimum Gasteiger partial charge on any atom is -0.493 e. The molecule has 0 fully saturated rings. The van der Waals surface area contributed by atoms with Crippen LogP contribution in [0.25, 0.3) is 17.5 Å². The molecule has 10 nitrogen and oxygen atoms in total. The molecule has 2 aromatic carbocycles. The molecular weight excluding hydrogens is 438 g/mol. The van der Waals surface area contributed by atoms with E-state index in [0.717, 1.165) is 6.26 Å². The number of carbonyl (C=O) groups is 1. The maximum Gasteiger partial charge on any atom is 0.322 e. The molecule has 1 heterocycles. The van der Waals surface area contributed by atoms with E-state index in [2.05, 4.69) is 15.5 Å². The SMILES string of the molecule is COc1cc(C=CC(=O)Nc2nnc(-c3cccc(S(C)(=O)=O)c3)o2)cc(OC)c1OC. The molecular formula is C21H21N3O7S. The zero-order valence-corrected chi connectivity index (χ0v) is 18.6. The van der Waals surface area contributed by atoms with Crippen LogP contribution in [0.5, 0.6) is 17.2 Å². The summed E-state index contributed by atoms with van der Waals surface area (Å²) < 4.78 is 44.7. The van der Waals surface area contributed by atoms with Crippen LogP contribution in [0.4, 0.5) is 6.01 Å². The Hall–Kier alpha value is -3.86. The molecule has 0 saturated heterocycles. The zero-order valence-electron chi connectivity index (χ0n) is 17.8.